The predicted octanol–water partition coefficient (Wildman–Crippen LogP) is 1.20. The summed E-state index contributed by atoms with van der Waals surface area (Å²) in [7, 11) is 0. The van der Waals surface area contributed by atoms with Crippen molar-refractivity contribution in [2.45, 2.75) is 71.4 Å². The Labute approximate surface area is 133 Å². The Hall–Kier alpha value is -1.59. The summed E-state index contributed by atoms with van der Waals surface area (Å²) in [4.78, 5) is 37.7. The maximum absolute atomic E-state index is 12.4. The molecule has 0 aromatic heterocycles. The van der Waals surface area contributed by atoms with E-state index < -0.39 is 12.1 Å². The highest BCUT2D eigenvalue weighted by Crippen LogP contribution is 2.18. The smallest absolute Gasteiger partial charge is 0.245 e. The van der Waals surface area contributed by atoms with Crippen LogP contribution in [0.3, 0.4) is 0 Å². The molecule has 2 atom stereocenters. The number of amides is 3. The molecule has 0 bridgehead atoms. The predicted molar refractivity (Wildman–Crippen MR) is 85.2 cm³/mol. The second-order valence-corrected chi connectivity index (χ2v) is 5.83. The van der Waals surface area contributed by atoms with Crippen LogP contribution in [0.4, 0.5) is 0 Å². The second kappa shape index (κ2) is 9.43. The van der Waals surface area contributed by atoms with Crippen LogP contribution in [-0.4, -0.2) is 47.8 Å². The van der Waals surface area contributed by atoms with Crippen molar-refractivity contribution in [2.75, 3.05) is 13.1 Å². The molecule has 0 aromatic rings. The van der Waals surface area contributed by atoms with E-state index >= 15 is 0 Å². The molecule has 0 unspecified atom stereocenters. The van der Waals surface area contributed by atoms with Crippen LogP contribution >= 0.6 is 0 Å². The van der Waals surface area contributed by atoms with Crippen molar-refractivity contribution in [3.05, 3.63) is 0 Å². The molecule has 2 N–H and O–H groups in total. The summed E-state index contributed by atoms with van der Waals surface area (Å²) in [6.07, 6.45) is 5.03. The summed E-state index contributed by atoms with van der Waals surface area (Å²) in [5.41, 5.74) is 0. The molecule has 0 aromatic carbocycles. The van der Waals surface area contributed by atoms with Crippen LogP contribution in [0.5, 0.6) is 0 Å². The van der Waals surface area contributed by atoms with E-state index in [0.29, 0.717) is 25.9 Å². The number of carbonyl (C=O) groups is 3. The topological polar surface area (TPSA) is 78.5 Å². The fourth-order valence-corrected chi connectivity index (χ4v) is 2.66. The number of unbranched alkanes of at least 4 members (excludes halogenated alkanes) is 2. The molecule has 3 amide bonds. The molecule has 22 heavy (non-hydrogen) atoms. The molecule has 1 rings (SSSR count). The lowest BCUT2D eigenvalue weighted by molar-refractivity contribution is -0.141. The summed E-state index contributed by atoms with van der Waals surface area (Å²) in [5.74, 6) is -0.399. The van der Waals surface area contributed by atoms with Crippen molar-refractivity contribution in [1.29, 1.82) is 0 Å². The van der Waals surface area contributed by atoms with E-state index in [9.17, 15) is 14.4 Å². The van der Waals surface area contributed by atoms with E-state index in [1.54, 1.807) is 18.7 Å². The van der Waals surface area contributed by atoms with Gasteiger partial charge in [-0.25, -0.2) is 0 Å². The normalized spacial score (nSPS) is 18.9. The molecule has 1 heterocycles. The molecule has 0 spiro atoms. The number of rotatable bonds is 8. The monoisotopic (exact) mass is 311 g/mol. The van der Waals surface area contributed by atoms with Gasteiger partial charge in [-0.05, 0) is 26.2 Å². The Morgan fingerprint density at radius 2 is 1.95 bits per heavy atom. The number of nitrogens with one attached hydrogen (secondary N) is 2. The minimum atomic E-state index is -0.582. The first-order valence-corrected chi connectivity index (χ1v) is 8.38. The van der Waals surface area contributed by atoms with Gasteiger partial charge in [0.05, 0.1) is 0 Å². The van der Waals surface area contributed by atoms with Gasteiger partial charge in [-0.1, -0.05) is 26.7 Å². The van der Waals surface area contributed by atoms with E-state index in [1.165, 1.54) is 0 Å². The average molecular weight is 311 g/mol. The van der Waals surface area contributed by atoms with Crippen molar-refractivity contribution in [2.24, 2.45) is 0 Å². The maximum atomic E-state index is 12.4. The maximum Gasteiger partial charge on any atom is 0.245 e. The number of likely N-dealkylation sites (tertiary alicyclic amines) is 1. The molecule has 1 aliphatic heterocycles. The Morgan fingerprint density at radius 3 is 2.59 bits per heavy atom. The Kier molecular flexibility index (Phi) is 7.91. The molecule has 6 heteroatoms. The summed E-state index contributed by atoms with van der Waals surface area (Å²) in [6.45, 7) is 6.77. The molecule has 126 valence electrons. The Morgan fingerprint density at radius 1 is 1.23 bits per heavy atom. The van der Waals surface area contributed by atoms with Gasteiger partial charge < -0.3 is 15.5 Å². The lowest BCUT2D eigenvalue weighted by atomic mass is 10.1. The largest absolute Gasteiger partial charge is 0.354 e. The van der Waals surface area contributed by atoms with Crippen molar-refractivity contribution in [1.82, 2.24) is 15.5 Å². The molecular formula is C16H29N3O3. The van der Waals surface area contributed by atoms with Crippen LogP contribution in [-0.2, 0) is 14.4 Å². The molecule has 1 saturated heterocycles. The van der Waals surface area contributed by atoms with Crippen molar-refractivity contribution in [3.8, 4) is 0 Å². The number of nitrogens with zero attached hydrogens (tertiary/aromatic N) is 1. The minimum absolute atomic E-state index is 0.0732. The van der Waals surface area contributed by atoms with Crippen LogP contribution in [0, 0.1) is 0 Å². The van der Waals surface area contributed by atoms with Gasteiger partial charge in [0, 0.05) is 19.5 Å². The first-order valence-electron chi connectivity index (χ1n) is 8.38. The van der Waals surface area contributed by atoms with Crippen molar-refractivity contribution < 1.29 is 14.4 Å². The van der Waals surface area contributed by atoms with Gasteiger partial charge in [0.2, 0.25) is 17.7 Å². The van der Waals surface area contributed by atoms with Gasteiger partial charge >= 0.3 is 0 Å². The van der Waals surface area contributed by atoms with E-state index in [1.807, 2.05) is 0 Å². The van der Waals surface area contributed by atoms with Gasteiger partial charge in [0.1, 0.15) is 12.1 Å². The molecular weight excluding hydrogens is 282 g/mol. The van der Waals surface area contributed by atoms with Gasteiger partial charge in [-0.2, -0.15) is 0 Å². The van der Waals surface area contributed by atoms with Crippen LogP contribution in [0.25, 0.3) is 0 Å². The number of carbonyl (C=O) groups excluding carboxylic acids is 3. The molecule has 6 nitrogen and oxygen atoms in total. The van der Waals surface area contributed by atoms with Crippen molar-refractivity contribution >= 4 is 17.7 Å². The van der Waals surface area contributed by atoms with E-state index in [0.717, 1.165) is 25.7 Å². The highest BCUT2D eigenvalue weighted by Gasteiger charge is 2.35. The van der Waals surface area contributed by atoms with E-state index in [-0.39, 0.29) is 17.7 Å². The van der Waals surface area contributed by atoms with Gasteiger partial charge in [-0.3, -0.25) is 14.4 Å². The van der Waals surface area contributed by atoms with Gasteiger partial charge in [0.15, 0.2) is 0 Å². The quantitative estimate of drug-likeness (QED) is 0.661. The Balaban J connectivity index is 2.52. The average Bonchev–Trinajstić information content (AvgIpc) is 2.99. The number of hydrogen-bond donors (Lipinski definition) is 2. The van der Waals surface area contributed by atoms with Gasteiger partial charge in [0.25, 0.3) is 0 Å². The first-order chi connectivity index (χ1) is 10.5. The summed E-state index contributed by atoms with van der Waals surface area (Å²) in [5, 5.41) is 5.58. The lowest BCUT2D eigenvalue weighted by Crippen LogP contribution is -2.52. The third-order valence-corrected chi connectivity index (χ3v) is 3.99. The summed E-state index contributed by atoms with van der Waals surface area (Å²) in [6, 6.07) is -0.976. The highest BCUT2D eigenvalue weighted by atomic mass is 16.2. The molecule has 0 radical (unpaired) electrons. The van der Waals surface area contributed by atoms with Crippen molar-refractivity contribution in [3.63, 3.8) is 0 Å². The summed E-state index contributed by atoms with van der Waals surface area (Å²) >= 11 is 0. The van der Waals surface area contributed by atoms with Crippen LogP contribution in [0.15, 0.2) is 0 Å². The third kappa shape index (κ3) is 5.31. The van der Waals surface area contributed by atoms with Crippen LogP contribution < -0.4 is 10.6 Å². The lowest BCUT2D eigenvalue weighted by Gasteiger charge is -2.27. The highest BCUT2D eigenvalue weighted by molar-refractivity contribution is 5.92. The van der Waals surface area contributed by atoms with Gasteiger partial charge in [-0.15, -0.1) is 0 Å². The SMILES string of the molecule is CCCCCNC(=O)[C@@H]1CCCN1C(=O)[C@H](C)NC(=O)CC. The van der Waals surface area contributed by atoms with E-state index in [4.69, 9.17) is 0 Å². The minimum Gasteiger partial charge on any atom is -0.354 e. The first kappa shape index (κ1) is 18.5. The van der Waals surface area contributed by atoms with E-state index in [2.05, 4.69) is 17.6 Å². The molecule has 1 fully saturated rings. The zero-order valence-corrected chi connectivity index (χ0v) is 14.0. The molecule has 0 aliphatic carbocycles. The van der Waals surface area contributed by atoms with Crippen LogP contribution in [0.2, 0.25) is 0 Å². The Bertz CT molecular complexity index is 398. The fourth-order valence-electron chi connectivity index (χ4n) is 2.66. The van der Waals surface area contributed by atoms with Crippen LogP contribution in [0.1, 0.15) is 59.3 Å². The molecule has 0 saturated carbocycles. The second-order valence-electron chi connectivity index (χ2n) is 5.83. The fraction of sp³-hybridized carbons (Fsp3) is 0.812. The molecule has 1 aliphatic rings. The summed E-state index contributed by atoms with van der Waals surface area (Å²) < 4.78 is 0. The zero-order valence-electron chi connectivity index (χ0n) is 14.0. The third-order valence-electron chi connectivity index (χ3n) is 3.99. The zero-order chi connectivity index (χ0) is 16.5. The number of hydrogen-bond acceptors (Lipinski definition) is 3. The standard InChI is InChI=1S/C16H29N3O3/c1-4-6-7-10-17-15(21)13-9-8-11-19(13)16(22)12(3)18-14(20)5-2/h12-13H,4-11H2,1-3H3,(H,17,21)(H,18,20)/t12-,13-/m0/s1.